The first-order valence-corrected chi connectivity index (χ1v) is 6.77. The van der Waals surface area contributed by atoms with E-state index in [1.807, 2.05) is 0 Å². The number of imide groups is 1. The van der Waals surface area contributed by atoms with Gasteiger partial charge in [0.2, 0.25) is 15.7 Å². The molecule has 0 bridgehead atoms. The molecular formula is C11H11NO4S. The van der Waals surface area contributed by atoms with Crippen molar-refractivity contribution >= 4 is 21.0 Å². The maximum Gasteiger partial charge on any atom is 0.345 e. The van der Waals surface area contributed by atoms with E-state index in [0.717, 1.165) is 10.5 Å². The lowest BCUT2D eigenvalue weighted by Gasteiger charge is -2.24. The molecule has 5 nitrogen and oxygen atoms in total. The van der Waals surface area contributed by atoms with Gasteiger partial charge in [0.15, 0.2) is 0 Å². The minimum absolute atomic E-state index is 0.0116. The Hall–Kier alpha value is -1.69. The first-order chi connectivity index (χ1) is 8.00. The number of hydrogen-bond donors (Lipinski definition) is 0. The number of carbonyl (C=O) groups excluding carboxylic acids is 2. The van der Waals surface area contributed by atoms with Crippen molar-refractivity contribution in [3.8, 4) is 0 Å². The van der Waals surface area contributed by atoms with Crippen molar-refractivity contribution in [2.24, 2.45) is 0 Å². The van der Waals surface area contributed by atoms with Crippen molar-refractivity contribution in [2.45, 2.75) is 13.0 Å². The van der Waals surface area contributed by atoms with E-state index >= 15 is 0 Å². The Kier molecular flexibility index (Phi) is 2.97. The second-order valence-corrected chi connectivity index (χ2v) is 5.79. The highest BCUT2D eigenvalue weighted by Crippen LogP contribution is 2.16. The molecule has 6 heteroatoms. The summed E-state index contributed by atoms with van der Waals surface area (Å²) in [5, 5.41) is -1.09. The molecular weight excluding hydrogens is 242 g/mol. The third kappa shape index (κ3) is 2.36. The average molecular weight is 253 g/mol. The van der Waals surface area contributed by atoms with Gasteiger partial charge in [0, 0.05) is 6.42 Å². The molecule has 1 aromatic carbocycles. The lowest BCUT2D eigenvalue weighted by molar-refractivity contribution is -0.128. The Morgan fingerprint density at radius 1 is 1.12 bits per heavy atom. The van der Waals surface area contributed by atoms with E-state index in [1.165, 1.54) is 0 Å². The zero-order valence-electron chi connectivity index (χ0n) is 9.00. The molecule has 0 unspecified atom stereocenters. The molecule has 1 aliphatic rings. The fourth-order valence-electron chi connectivity index (χ4n) is 1.63. The first kappa shape index (κ1) is 11.8. The van der Waals surface area contributed by atoms with Gasteiger partial charge in [0.25, 0.3) is 0 Å². The van der Waals surface area contributed by atoms with Crippen LogP contribution in [-0.4, -0.2) is 30.2 Å². The molecule has 17 heavy (non-hydrogen) atoms. The van der Waals surface area contributed by atoms with Crippen molar-refractivity contribution in [2.75, 3.05) is 5.75 Å². The summed E-state index contributed by atoms with van der Waals surface area (Å²) in [7, 11) is -3.80. The van der Waals surface area contributed by atoms with Gasteiger partial charge in [-0.25, -0.2) is 8.42 Å². The molecule has 1 aromatic rings. The summed E-state index contributed by atoms with van der Waals surface area (Å²) in [6, 6.07) is 8.81. The Balaban J connectivity index is 2.25. The molecule has 2 rings (SSSR count). The Labute approximate surface area is 99.0 Å². The molecule has 1 heterocycles. The number of nitrogens with zero attached hydrogens (tertiary/aromatic N) is 1. The van der Waals surface area contributed by atoms with Gasteiger partial charge in [-0.1, -0.05) is 30.3 Å². The Morgan fingerprint density at radius 2 is 1.76 bits per heavy atom. The van der Waals surface area contributed by atoms with Gasteiger partial charge >= 0.3 is 5.24 Å². The summed E-state index contributed by atoms with van der Waals surface area (Å²) in [6.07, 6.45) is -0.124. The fraction of sp³-hybridized carbons (Fsp3) is 0.273. The zero-order chi connectivity index (χ0) is 12.5. The maximum atomic E-state index is 11.6. The van der Waals surface area contributed by atoms with Crippen LogP contribution in [0.1, 0.15) is 12.0 Å². The van der Waals surface area contributed by atoms with Crippen LogP contribution in [0.5, 0.6) is 0 Å². The molecule has 0 saturated carbocycles. The number of hydrogen-bond acceptors (Lipinski definition) is 4. The number of sulfone groups is 1. The van der Waals surface area contributed by atoms with Crippen LogP contribution in [0.2, 0.25) is 0 Å². The number of rotatable bonds is 2. The van der Waals surface area contributed by atoms with E-state index in [9.17, 15) is 18.0 Å². The quantitative estimate of drug-likeness (QED) is 0.786. The van der Waals surface area contributed by atoms with Gasteiger partial charge < -0.3 is 0 Å². The molecule has 1 fully saturated rings. The van der Waals surface area contributed by atoms with Crippen LogP contribution >= 0.6 is 0 Å². The fourth-order valence-corrected chi connectivity index (χ4v) is 2.75. The summed E-state index contributed by atoms with van der Waals surface area (Å²) < 4.78 is 22.8. The molecule has 0 atom stereocenters. The monoisotopic (exact) mass is 253 g/mol. The zero-order valence-corrected chi connectivity index (χ0v) is 9.81. The maximum absolute atomic E-state index is 11.6. The third-order valence-electron chi connectivity index (χ3n) is 2.56. The van der Waals surface area contributed by atoms with Crippen molar-refractivity contribution in [1.29, 1.82) is 0 Å². The summed E-state index contributed by atoms with van der Waals surface area (Å²) in [5.41, 5.74) is 0.728. The third-order valence-corrected chi connectivity index (χ3v) is 4.05. The van der Waals surface area contributed by atoms with E-state index in [0.29, 0.717) is 0 Å². The van der Waals surface area contributed by atoms with Crippen LogP contribution in [0.4, 0.5) is 4.79 Å². The van der Waals surface area contributed by atoms with Crippen molar-refractivity contribution < 1.29 is 18.0 Å². The minimum atomic E-state index is -3.80. The normalized spacial score (nSPS) is 19.4. The largest absolute Gasteiger partial charge is 0.345 e. The topological polar surface area (TPSA) is 71.5 Å². The summed E-state index contributed by atoms with van der Waals surface area (Å²) >= 11 is 0. The van der Waals surface area contributed by atoms with Crippen LogP contribution in [0.3, 0.4) is 0 Å². The van der Waals surface area contributed by atoms with E-state index < -0.39 is 21.0 Å². The summed E-state index contributed by atoms with van der Waals surface area (Å²) in [5.74, 6) is -0.815. The van der Waals surface area contributed by atoms with E-state index in [1.54, 1.807) is 30.3 Å². The smallest absolute Gasteiger partial charge is 0.274 e. The van der Waals surface area contributed by atoms with Gasteiger partial charge in [0.1, 0.15) is 0 Å². The van der Waals surface area contributed by atoms with Crippen molar-refractivity contribution in [3.05, 3.63) is 35.9 Å². The highest BCUT2D eigenvalue weighted by molar-refractivity contribution is 8.06. The lowest BCUT2D eigenvalue weighted by Crippen LogP contribution is -2.45. The van der Waals surface area contributed by atoms with E-state index in [-0.39, 0.29) is 18.7 Å². The van der Waals surface area contributed by atoms with Gasteiger partial charge in [-0.15, -0.1) is 0 Å². The van der Waals surface area contributed by atoms with Gasteiger partial charge in [-0.05, 0) is 5.56 Å². The van der Waals surface area contributed by atoms with Crippen molar-refractivity contribution in [3.63, 3.8) is 0 Å². The molecule has 1 aliphatic heterocycles. The Bertz CT molecular complexity index is 550. The molecule has 90 valence electrons. The number of carbonyl (C=O) groups is 2. The predicted octanol–water partition coefficient (Wildman–Crippen LogP) is 0.954. The number of amides is 2. The molecule has 1 saturated heterocycles. The minimum Gasteiger partial charge on any atom is -0.274 e. The summed E-state index contributed by atoms with van der Waals surface area (Å²) in [4.78, 5) is 23.9. The highest BCUT2D eigenvalue weighted by Gasteiger charge is 2.37. The van der Waals surface area contributed by atoms with Crippen molar-refractivity contribution in [1.82, 2.24) is 4.90 Å². The first-order valence-electron chi connectivity index (χ1n) is 5.12. The summed E-state index contributed by atoms with van der Waals surface area (Å²) in [6.45, 7) is 0.0116. The van der Waals surface area contributed by atoms with Gasteiger partial charge in [-0.2, -0.15) is 0 Å². The van der Waals surface area contributed by atoms with Gasteiger partial charge in [0.05, 0.1) is 12.3 Å². The van der Waals surface area contributed by atoms with Crippen LogP contribution < -0.4 is 0 Å². The predicted molar refractivity (Wildman–Crippen MR) is 60.8 cm³/mol. The molecule has 0 aliphatic carbocycles. The molecule has 0 radical (unpaired) electrons. The average Bonchev–Trinajstić information content (AvgIpc) is 2.32. The van der Waals surface area contributed by atoms with E-state index in [4.69, 9.17) is 0 Å². The van der Waals surface area contributed by atoms with E-state index in [2.05, 4.69) is 0 Å². The van der Waals surface area contributed by atoms with Crippen LogP contribution in [0.25, 0.3) is 0 Å². The number of benzene rings is 1. The second kappa shape index (κ2) is 4.29. The molecule has 0 aromatic heterocycles. The van der Waals surface area contributed by atoms with Gasteiger partial charge in [-0.3, -0.25) is 14.5 Å². The Morgan fingerprint density at radius 3 is 2.41 bits per heavy atom. The highest BCUT2D eigenvalue weighted by atomic mass is 32.2. The lowest BCUT2D eigenvalue weighted by atomic mass is 10.2. The molecule has 0 spiro atoms. The van der Waals surface area contributed by atoms with Crippen LogP contribution in [0.15, 0.2) is 30.3 Å². The second-order valence-electron chi connectivity index (χ2n) is 3.80. The van der Waals surface area contributed by atoms with Crippen LogP contribution in [0, 0.1) is 0 Å². The molecule has 2 amide bonds. The standard InChI is InChI=1S/C11H11NO4S/c13-10-6-7-17(15,16)11(14)12(10)8-9-4-2-1-3-5-9/h1-5H,6-8H2. The van der Waals surface area contributed by atoms with Crippen LogP contribution in [-0.2, 0) is 21.2 Å². The SMILES string of the molecule is O=C1CCS(=O)(=O)C(=O)N1Cc1ccccc1. The molecule has 0 N–H and O–H groups in total.